The highest BCUT2D eigenvalue weighted by atomic mass is 32.1. The van der Waals surface area contributed by atoms with Gasteiger partial charge in [0.15, 0.2) is 5.13 Å². The molecule has 32 heavy (non-hydrogen) atoms. The third-order valence-corrected chi connectivity index (χ3v) is 7.01. The fourth-order valence-corrected chi connectivity index (χ4v) is 5.21. The Bertz CT molecular complexity index is 966. The molecule has 6 nitrogen and oxygen atoms in total. The quantitative estimate of drug-likeness (QED) is 0.365. The molecule has 170 valence electrons. The summed E-state index contributed by atoms with van der Waals surface area (Å²) in [5.41, 5.74) is 1.98. The maximum Gasteiger partial charge on any atom is 0.242 e. The van der Waals surface area contributed by atoms with Gasteiger partial charge in [-0.2, -0.15) is 0 Å². The van der Waals surface area contributed by atoms with Gasteiger partial charge < -0.3 is 20.7 Å². The summed E-state index contributed by atoms with van der Waals surface area (Å²) in [6.07, 6.45) is 7.13. The maximum absolute atomic E-state index is 13.1. The van der Waals surface area contributed by atoms with Crippen LogP contribution in [0.25, 0.3) is 10.2 Å². The molecule has 1 amide bonds. The van der Waals surface area contributed by atoms with Crippen molar-refractivity contribution in [1.82, 2.24) is 10.3 Å². The zero-order valence-corrected chi connectivity index (χ0v) is 19.4. The predicted molar refractivity (Wildman–Crippen MR) is 133 cm³/mol. The summed E-state index contributed by atoms with van der Waals surface area (Å²) in [5.74, 6) is 1.47. The summed E-state index contributed by atoms with van der Waals surface area (Å²) >= 11 is 1.61. The van der Waals surface area contributed by atoms with Crippen LogP contribution in [0.15, 0.2) is 48.5 Å². The molecule has 4 rings (SSSR count). The number of thiazole rings is 1. The number of rotatable bonds is 10. The van der Waals surface area contributed by atoms with Gasteiger partial charge in [-0.15, -0.1) is 0 Å². The normalized spacial score (nSPS) is 15.3. The summed E-state index contributed by atoms with van der Waals surface area (Å²) in [5, 5.41) is 10.7. The second-order valence-electron chi connectivity index (χ2n) is 8.37. The van der Waals surface area contributed by atoms with E-state index in [1.807, 2.05) is 42.5 Å². The smallest absolute Gasteiger partial charge is 0.242 e. The summed E-state index contributed by atoms with van der Waals surface area (Å²) in [6.45, 7) is 1.23. The Morgan fingerprint density at radius 1 is 1.09 bits per heavy atom. The molecule has 3 aromatic rings. The molecule has 7 heteroatoms. The first-order valence-electron chi connectivity index (χ1n) is 11.5. The second kappa shape index (κ2) is 11.2. The first-order chi connectivity index (χ1) is 15.7. The fourth-order valence-electron chi connectivity index (χ4n) is 4.30. The lowest BCUT2D eigenvalue weighted by molar-refractivity contribution is -0.122. The number of nitrogens with one attached hydrogen (secondary N) is 3. The van der Waals surface area contributed by atoms with Gasteiger partial charge in [0.05, 0.1) is 17.3 Å². The van der Waals surface area contributed by atoms with Crippen LogP contribution in [0.1, 0.15) is 38.5 Å². The van der Waals surface area contributed by atoms with Gasteiger partial charge >= 0.3 is 0 Å². The summed E-state index contributed by atoms with van der Waals surface area (Å²) < 4.78 is 6.32. The topological polar surface area (TPSA) is 75.3 Å². The molecule has 2 aromatic carbocycles. The molecule has 1 aromatic heterocycles. The van der Waals surface area contributed by atoms with Crippen molar-refractivity contribution in [2.45, 2.75) is 44.6 Å². The highest BCUT2D eigenvalue weighted by Crippen LogP contribution is 2.30. The van der Waals surface area contributed by atoms with E-state index in [-0.39, 0.29) is 11.9 Å². The van der Waals surface area contributed by atoms with Crippen molar-refractivity contribution in [3.05, 3.63) is 48.5 Å². The predicted octanol–water partition coefficient (Wildman–Crippen LogP) is 5.28. The van der Waals surface area contributed by atoms with Crippen molar-refractivity contribution < 1.29 is 9.53 Å². The van der Waals surface area contributed by atoms with Crippen LogP contribution in [0.4, 0.5) is 10.8 Å². The Balaban J connectivity index is 1.33. The third kappa shape index (κ3) is 6.13. The minimum absolute atomic E-state index is 0.0476. The molecule has 3 N–H and O–H groups in total. The van der Waals surface area contributed by atoms with Crippen molar-refractivity contribution >= 4 is 38.3 Å². The number of fused-ring (bicyclic) bond motifs is 1. The number of anilines is 2. The van der Waals surface area contributed by atoms with Gasteiger partial charge in [0.2, 0.25) is 5.91 Å². The third-order valence-electron chi connectivity index (χ3n) is 6.05. The van der Waals surface area contributed by atoms with E-state index >= 15 is 0 Å². The van der Waals surface area contributed by atoms with E-state index in [2.05, 4.69) is 27.0 Å². The van der Waals surface area contributed by atoms with Crippen LogP contribution in [0.5, 0.6) is 5.75 Å². The van der Waals surface area contributed by atoms with Crippen LogP contribution >= 0.6 is 11.3 Å². The number of para-hydroxylation sites is 1. The number of ether oxygens (including phenoxy) is 1. The molecule has 0 saturated heterocycles. The average Bonchev–Trinajstić information content (AvgIpc) is 3.25. The Labute approximate surface area is 193 Å². The van der Waals surface area contributed by atoms with E-state index in [1.165, 1.54) is 32.1 Å². The Hall–Kier alpha value is -2.80. The number of aromatic nitrogens is 1. The number of benzene rings is 2. The first kappa shape index (κ1) is 22.4. The Kier molecular flexibility index (Phi) is 7.82. The SMILES string of the molecule is COc1ccc(NCCNC(=O)[C@H](CC2CCCCC2)Nc2nc3ccccc3s2)cc1. The monoisotopic (exact) mass is 452 g/mol. The van der Waals surface area contributed by atoms with Gasteiger partial charge in [0.1, 0.15) is 11.8 Å². The number of methoxy groups -OCH3 is 1. The lowest BCUT2D eigenvalue weighted by atomic mass is 9.84. The first-order valence-corrected chi connectivity index (χ1v) is 12.3. The lowest BCUT2D eigenvalue weighted by Gasteiger charge is -2.26. The molecule has 0 unspecified atom stereocenters. The zero-order valence-electron chi connectivity index (χ0n) is 18.6. The number of carbonyl (C=O) groups is 1. The van der Waals surface area contributed by atoms with Crippen LogP contribution in [-0.2, 0) is 4.79 Å². The molecule has 1 atom stereocenters. The minimum Gasteiger partial charge on any atom is -0.497 e. The number of amides is 1. The number of hydrogen-bond donors (Lipinski definition) is 3. The van der Waals surface area contributed by atoms with E-state index in [4.69, 9.17) is 4.74 Å². The van der Waals surface area contributed by atoms with E-state index in [0.717, 1.165) is 33.2 Å². The molecule has 1 fully saturated rings. The average molecular weight is 453 g/mol. The van der Waals surface area contributed by atoms with Gasteiger partial charge in [0, 0.05) is 18.8 Å². The van der Waals surface area contributed by atoms with Gasteiger partial charge in [-0.1, -0.05) is 55.6 Å². The lowest BCUT2D eigenvalue weighted by Crippen LogP contribution is -2.42. The maximum atomic E-state index is 13.1. The van der Waals surface area contributed by atoms with E-state index in [1.54, 1.807) is 18.4 Å². The van der Waals surface area contributed by atoms with Crippen LogP contribution in [0.2, 0.25) is 0 Å². The van der Waals surface area contributed by atoms with Crippen LogP contribution < -0.4 is 20.7 Å². The summed E-state index contributed by atoms with van der Waals surface area (Å²) in [6, 6.07) is 15.6. The molecule has 1 saturated carbocycles. The van der Waals surface area contributed by atoms with Crippen LogP contribution in [-0.4, -0.2) is 37.1 Å². The van der Waals surface area contributed by atoms with Crippen LogP contribution in [0.3, 0.4) is 0 Å². The summed E-state index contributed by atoms with van der Waals surface area (Å²) in [7, 11) is 1.66. The fraction of sp³-hybridized carbons (Fsp3) is 0.440. The van der Waals surface area contributed by atoms with Gasteiger partial charge in [0.25, 0.3) is 0 Å². The number of carbonyl (C=O) groups excluding carboxylic acids is 1. The van der Waals surface area contributed by atoms with Crippen molar-refractivity contribution in [3.63, 3.8) is 0 Å². The second-order valence-corrected chi connectivity index (χ2v) is 9.40. The highest BCUT2D eigenvalue weighted by molar-refractivity contribution is 7.22. The molecule has 1 aliphatic carbocycles. The Morgan fingerprint density at radius 2 is 1.88 bits per heavy atom. The van der Waals surface area contributed by atoms with Gasteiger partial charge in [-0.25, -0.2) is 4.98 Å². The molecule has 1 aliphatic rings. The molecule has 0 bridgehead atoms. The Morgan fingerprint density at radius 3 is 2.62 bits per heavy atom. The van der Waals surface area contributed by atoms with E-state index in [0.29, 0.717) is 19.0 Å². The molecular weight excluding hydrogens is 420 g/mol. The molecule has 0 radical (unpaired) electrons. The largest absolute Gasteiger partial charge is 0.497 e. The number of hydrogen-bond acceptors (Lipinski definition) is 6. The minimum atomic E-state index is -0.264. The van der Waals surface area contributed by atoms with Crippen molar-refractivity contribution in [2.75, 3.05) is 30.8 Å². The molecule has 1 heterocycles. The standard InChI is InChI=1S/C25H32N4O2S/c1-31-20-13-11-19(12-14-20)26-15-16-27-24(30)22(17-18-7-3-2-4-8-18)29-25-28-21-9-5-6-10-23(21)32-25/h5-6,9-14,18,22,26H,2-4,7-8,15-17H2,1H3,(H,27,30)(H,28,29)/t22-/m0/s1. The van der Waals surface area contributed by atoms with Gasteiger partial charge in [-0.3, -0.25) is 4.79 Å². The van der Waals surface area contributed by atoms with Crippen molar-refractivity contribution in [1.29, 1.82) is 0 Å². The van der Waals surface area contributed by atoms with E-state index < -0.39 is 0 Å². The molecular formula is C25H32N4O2S. The number of nitrogens with zero attached hydrogens (tertiary/aromatic N) is 1. The van der Waals surface area contributed by atoms with E-state index in [9.17, 15) is 4.79 Å². The molecule has 0 spiro atoms. The van der Waals surface area contributed by atoms with Crippen LogP contribution in [0, 0.1) is 5.92 Å². The zero-order chi connectivity index (χ0) is 22.2. The highest BCUT2D eigenvalue weighted by Gasteiger charge is 2.25. The van der Waals surface area contributed by atoms with Crippen molar-refractivity contribution in [2.24, 2.45) is 5.92 Å². The summed E-state index contributed by atoms with van der Waals surface area (Å²) in [4.78, 5) is 17.8. The molecule has 0 aliphatic heterocycles. The van der Waals surface area contributed by atoms with Gasteiger partial charge in [-0.05, 0) is 48.7 Å². The van der Waals surface area contributed by atoms with Crippen molar-refractivity contribution in [3.8, 4) is 5.75 Å².